The number of benzene rings is 1. The van der Waals surface area contributed by atoms with Gasteiger partial charge in [-0.3, -0.25) is 4.79 Å². The van der Waals surface area contributed by atoms with Gasteiger partial charge in [0.25, 0.3) is 0 Å². The van der Waals surface area contributed by atoms with Gasteiger partial charge in [-0.2, -0.15) is 0 Å². The van der Waals surface area contributed by atoms with Crippen molar-refractivity contribution >= 4 is 11.6 Å². The Morgan fingerprint density at radius 1 is 1.32 bits per heavy atom. The fraction of sp³-hybridized carbons (Fsp3) is 0.588. The molecule has 2 unspecified atom stereocenters. The lowest BCUT2D eigenvalue weighted by Gasteiger charge is -2.26. The van der Waals surface area contributed by atoms with E-state index < -0.39 is 0 Å². The number of methoxy groups -OCH3 is 1. The van der Waals surface area contributed by atoms with Crippen LogP contribution >= 0.6 is 0 Å². The van der Waals surface area contributed by atoms with Crippen LogP contribution in [0.1, 0.15) is 32.1 Å². The van der Waals surface area contributed by atoms with Crippen molar-refractivity contribution in [1.82, 2.24) is 0 Å². The molecule has 1 amide bonds. The van der Waals surface area contributed by atoms with Crippen LogP contribution < -0.4 is 15.8 Å². The van der Waals surface area contributed by atoms with E-state index in [-0.39, 0.29) is 17.9 Å². The van der Waals surface area contributed by atoms with E-state index in [2.05, 4.69) is 5.32 Å². The van der Waals surface area contributed by atoms with Crippen LogP contribution in [-0.4, -0.2) is 32.3 Å². The van der Waals surface area contributed by atoms with E-state index >= 15 is 0 Å². The smallest absolute Gasteiger partial charge is 0.227 e. The minimum absolute atomic E-state index is 0.00491. The lowest BCUT2D eigenvalue weighted by Crippen LogP contribution is -2.34. The molecule has 0 aromatic heterocycles. The summed E-state index contributed by atoms with van der Waals surface area (Å²) in [5, 5.41) is 2.99. The topological polar surface area (TPSA) is 73.6 Å². The Balaban J connectivity index is 1.92. The first-order valence-electron chi connectivity index (χ1n) is 7.98. The van der Waals surface area contributed by atoms with Crippen molar-refractivity contribution < 1.29 is 14.3 Å². The number of hydrogen-bond acceptors (Lipinski definition) is 4. The SMILES string of the molecule is COCCCOc1ccccc1NC(=O)C1CCCC(N)C1. The second-order valence-corrected chi connectivity index (χ2v) is 5.80. The third-order valence-corrected chi connectivity index (χ3v) is 3.98. The van der Waals surface area contributed by atoms with Gasteiger partial charge in [0.2, 0.25) is 5.91 Å². The first-order valence-corrected chi connectivity index (χ1v) is 7.98. The largest absolute Gasteiger partial charge is 0.491 e. The fourth-order valence-corrected chi connectivity index (χ4v) is 2.78. The number of nitrogens with two attached hydrogens (primary N) is 1. The van der Waals surface area contributed by atoms with Gasteiger partial charge in [-0.25, -0.2) is 0 Å². The lowest BCUT2D eigenvalue weighted by atomic mass is 9.85. The molecule has 1 saturated carbocycles. The lowest BCUT2D eigenvalue weighted by molar-refractivity contribution is -0.120. The molecule has 5 nitrogen and oxygen atoms in total. The average molecular weight is 306 g/mol. The van der Waals surface area contributed by atoms with Crippen LogP contribution in [0.15, 0.2) is 24.3 Å². The molecule has 0 saturated heterocycles. The summed E-state index contributed by atoms with van der Waals surface area (Å²) in [5.74, 6) is 0.750. The summed E-state index contributed by atoms with van der Waals surface area (Å²) in [6.07, 6.45) is 4.53. The minimum atomic E-state index is 0.00491. The average Bonchev–Trinajstić information content (AvgIpc) is 2.53. The monoisotopic (exact) mass is 306 g/mol. The molecule has 5 heteroatoms. The van der Waals surface area contributed by atoms with Gasteiger partial charge in [0.05, 0.1) is 12.3 Å². The van der Waals surface area contributed by atoms with Gasteiger partial charge < -0.3 is 20.5 Å². The quantitative estimate of drug-likeness (QED) is 0.759. The molecule has 1 fully saturated rings. The van der Waals surface area contributed by atoms with Crippen molar-refractivity contribution in [2.75, 3.05) is 25.6 Å². The standard InChI is InChI=1S/C17H26N2O3/c1-21-10-5-11-22-16-9-3-2-8-15(16)19-17(20)13-6-4-7-14(18)12-13/h2-3,8-9,13-14H,4-7,10-12,18H2,1H3,(H,19,20). The van der Waals surface area contributed by atoms with Gasteiger partial charge in [0.1, 0.15) is 5.75 Å². The van der Waals surface area contributed by atoms with Crippen LogP contribution in [0, 0.1) is 5.92 Å². The predicted molar refractivity (Wildman–Crippen MR) is 87.0 cm³/mol. The summed E-state index contributed by atoms with van der Waals surface area (Å²) in [5.41, 5.74) is 6.69. The van der Waals surface area contributed by atoms with E-state index in [0.717, 1.165) is 37.8 Å². The number of ether oxygens (including phenoxy) is 2. The van der Waals surface area contributed by atoms with E-state index in [1.165, 1.54) is 0 Å². The van der Waals surface area contributed by atoms with Gasteiger partial charge in [0.15, 0.2) is 0 Å². The highest BCUT2D eigenvalue weighted by atomic mass is 16.5. The normalized spacial score (nSPS) is 21.4. The number of nitrogens with one attached hydrogen (secondary N) is 1. The molecule has 0 spiro atoms. The number of amides is 1. The van der Waals surface area contributed by atoms with E-state index in [1.54, 1.807) is 7.11 Å². The van der Waals surface area contributed by atoms with Gasteiger partial charge >= 0.3 is 0 Å². The first-order chi connectivity index (χ1) is 10.7. The van der Waals surface area contributed by atoms with Gasteiger partial charge in [-0.15, -0.1) is 0 Å². The van der Waals surface area contributed by atoms with Crippen molar-refractivity contribution in [3.05, 3.63) is 24.3 Å². The summed E-state index contributed by atoms with van der Waals surface area (Å²) < 4.78 is 10.7. The molecule has 1 aromatic rings. The number of carbonyl (C=O) groups excluding carboxylic acids is 1. The van der Waals surface area contributed by atoms with E-state index in [4.69, 9.17) is 15.2 Å². The van der Waals surface area contributed by atoms with Gasteiger partial charge in [0, 0.05) is 32.1 Å². The number of rotatable bonds is 7. The predicted octanol–water partition coefficient (Wildman–Crippen LogP) is 2.56. The molecule has 1 aromatic carbocycles. The van der Waals surface area contributed by atoms with Crippen molar-refractivity contribution in [3.8, 4) is 5.75 Å². The van der Waals surface area contributed by atoms with Gasteiger partial charge in [-0.1, -0.05) is 18.6 Å². The molecule has 122 valence electrons. The summed E-state index contributed by atoms with van der Waals surface area (Å²) in [6, 6.07) is 7.67. The third-order valence-electron chi connectivity index (χ3n) is 3.98. The Kier molecular flexibility index (Phi) is 6.68. The van der Waals surface area contributed by atoms with Gasteiger partial charge in [-0.05, 0) is 31.4 Å². The van der Waals surface area contributed by atoms with Crippen LogP contribution in [0.3, 0.4) is 0 Å². The summed E-state index contributed by atoms with van der Waals surface area (Å²) in [6.45, 7) is 1.23. The molecule has 3 N–H and O–H groups in total. The highest BCUT2D eigenvalue weighted by Crippen LogP contribution is 2.28. The summed E-state index contributed by atoms with van der Waals surface area (Å²) in [7, 11) is 1.67. The molecule has 2 atom stereocenters. The molecule has 0 bridgehead atoms. The highest BCUT2D eigenvalue weighted by molar-refractivity contribution is 5.94. The zero-order valence-electron chi connectivity index (χ0n) is 13.2. The van der Waals surface area contributed by atoms with Crippen LogP contribution in [0.25, 0.3) is 0 Å². The molecule has 0 radical (unpaired) electrons. The molecular formula is C17H26N2O3. The Morgan fingerprint density at radius 3 is 2.91 bits per heavy atom. The van der Waals surface area contributed by atoms with E-state index in [9.17, 15) is 4.79 Å². The Labute approximate surface area is 132 Å². The van der Waals surface area contributed by atoms with E-state index in [1.807, 2.05) is 24.3 Å². The maximum absolute atomic E-state index is 12.4. The molecule has 1 aliphatic carbocycles. The minimum Gasteiger partial charge on any atom is -0.491 e. The zero-order valence-corrected chi connectivity index (χ0v) is 13.2. The number of carbonyl (C=O) groups is 1. The summed E-state index contributed by atoms with van der Waals surface area (Å²) >= 11 is 0. The Bertz CT molecular complexity index is 479. The van der Waals surface area contributed by atoms with E-state index in [0.29, 0.717) is 19.0 Å². The summed E-state index contributed by atoms with van der Waals surface area (Å²) in [4.78, 5) is 12.4. The fourth-order valence-electron chi connectivity index (χ4n) is 2.78. The molecular weight excluding hydrogens is 280 g/mol. The third kappa shape index (κ3) is 5.00. The van der Waals surface area contributed by atoms with Crippen molar-refractivity contribution in [1.29, 1.82) is 0 Å². The Hall–Kier alpha value is -1.59. The first kappa shape index (κ1) is 16.8. The molecule has 22 heavy (non-hydrogen) atoms. The van der Waals surface area contributed by atoms with Crippen LogP contribution in [0.4, 0.5) is 5.69 Å². The molecule has 1 aliphatic rings. The van der Waals surface area contributed by atoms with Crippen molar-refractivity contribution in [2.45, 2.75) is 38.1 Å². The van der Waals surface area contributed by atoms with Crippen molar-refractivity contribution in [3.63, 3.8) is 0 Å². The second kappa shape index (κ2) is 8.76. The number of para-hydroxylation sites is 2. The Morgan fingerprint density at radius 2 is 2.14 bits per heavy atom. The second-order valence-electron chi connectivity index (χ2n) is 5.80. The maximum atomic E-state index is 12.4. The molecule has 0 aliphatic heterocycles. The highest BCUT2D eigenvalue weighted by Gasteiger charge is 2.25. The molecule has 2 rings (SSSR count). The maximum Gasteiger partial charge on any atom is 0.227 e. The number of anilines is 1. The van der Waals surface area contributed by atoms with Crippen LogP contribution in [-0.2, 0) is 9.53 Å². The van der Waals surface area contributed by atoms with Crippen LogP contribution in [0.5, 0.6) is 5.75 Å². The van der Waals surface area contributed by atoms with Crippen molar-refractivity contribution in [2.24, 2.45) is 11.7 Å². The zero-order chi connectivity index (χ0) is 15.8. The van der Waals surface area contributed by atoms with Crippen LogP contribution in [0.2, 0.25) is 0 Å². The molecule has 0 heterocycles. The number of hydrogen-bond donors (Lipinski definition) is 2.